The van der Waals surface area contributed by atoms with Crippen LogP contribution in [0.3, 0.4) is 0 Å². The Balaban J connectivity index is 1.47. The number of nitrogens with zero attached hydrogens (tertiary/aromatic N) is 1. The Morgan fingerprint density at radius 2 is 1.70 bits per heavy atom. The topological polar surface area (TPSA) is 46.6 Å². The number of carbonyl (C=O) groups is 2. The van der Waals surface area contributed by atoms with E-state index in [9.17, 15) is 9.59 Å². The lowest BCUT2D eigenvalue weighted by atomic mass is 10.2. The van der Waals surface area contributed by atoms with E-state index >= 15 is 0 Å². The van der Waals surface area contributed by atoms with E-state index in [0.717, 1.165) is 28.5 Å². The Bertz CT molecular complexity index is 1110. The molecule has 3 aromatic carbocycles. The fraction of sp³-hybridized carbons (Fsp3) is 0.0833. The predicted octanol–water partition coefficient (Wildman–Crippen LogP) is 6.16. The molecule has 1 aliphatic heterocycles. The second kappa shape index (κ2) is 9.20. The largest absolute Gasteiger partial charge is 0.489 e. The SMILES string of the molecule is O=C1S/C(=C\c2cccc(OCc3ccccc3Cl)c2)C(=O)N1Cc1ccccc1. The minimum atomic E-state index is -0.281. The van der Waals surface area contributed by atoms with Crippen LogP contribution in [0.4, 0.5) is 4.79 Å². The number of thioether (sulfide) groups is 1. The molecule has 0 spiro atoms. The van der Waals surface area contributed by atoms with Crippen molar-refractivity contribution >= 4 is 40.6 Å². The van der Waals surface area contributed by atoms with Gasteiger partial charge in [0.15, 0.2) is 0 Å². The normalized spacial score (nSPS) is 15.1. The molecule has 1 saturated heterocycles. The molecule has 4 nitrogen and oxygen atoms in total. The third-order valence-electron chi connectivity index (χ3n) is 4.57. The van der Waals surface area contributed by atoms with Gasteiger partial charge in [-0.25, -0.2) is 0 Å². The van der Waals surface area contributed by atoms with Crippen LogP contribution < -0.4 is 4.74 Å². The van der Waals surface area contributed by atoms with Gasteiger partial charge in [-0.3, -0.25) is 14.5 Å². The van der Waals surface area contributed by atoms with Crippen molar-refractivity contribution in [1.82, 2.24) is 4.90 Å². The lowest BCUT2D eigenvalue weighted by molar-refractivity contribution is -0.123. The molecule has 150 valence electrons. The van der Waals surface area contributed by atoms with Crippen LogP contribution in [-0.2, 0) is 17.9 Å². The van der Waals surface area contributed by atoms with Gasteiger partial charge in [-0.15, -0.1) is 0 Å². The molecule has 0 N–H and O–H groups in total. The second-order valence-corrected chi connectivity index (χ2v) is 8.11. The highest BCUT2D eigenvalue weighted by molar-refractivity contribution is 8.18. The fourth-order valence-electron chi connectivity index (χ4n) is 3.02. The molecule has 0 atom stereocenters. The first-order valence-corrected chi connectivity index (χ1v) is 10.6. The maximum Gasteiger partial charge on any atom is 0.293 e. The minimum Gasteiger partial charge on any atom is -0.489 e. The van der Waals surface area contributed by atoms with Crippen molar-refractivity contribution in [1.29, 1.82) is 0 Å². The van der Waals surface area contributed by atoms with Crippen molar-refractivity contribution in [2.45, 2.75) is 13.2 Å². The van der Waals surface area contributed by atoms with Gasteiger partial charge >= 0.3 is 0 Å². The van der Waals surface area contributed by atoms with Crippen molar-refractivity contribution in [3.8, 4) is 5.75 Å². The van der Waals surface area contributed by atoms with Crippen LogP contribution in [0.2, 0.25) is 5.02 Å². The highest BCUT2D eigenvalue weighted by atomic mass is 35.5. The Hall–Kier alpha value is -3.02. The molecule has 1 fully saturated rings. The smallest absolute Gasteiger partial charge is 0.293 e. The average Bonchev–Trinajstić information content (AvgIpc) is 3.01. The first kappa shape index (κ1) is 20.3. The van der Waals surface area contributed by atoms with E-state index in [2.05, 4.69) is 0 Å². The Morgan fingerprint density at radius 3 is 2.50 bits per heavy atom. The van der Waals surface area contributed by atoms with Crippen LogP contribution in [0, 0.1) is 0 Å². The van der Waals surface area contributed by atoms with Crippen molar-refractivity contribution < 1.29 is 14.3 Å². The lowest BCUT2D eigenvalue weighted by Crippen LogP contribution is -2.27. The van der Waals surface area contributed by atoms with Crippen LogP contribution in [0.5, 0.6) is 5.75 Å². The number of ether oxygens (including phenoxy) is 1. The third kappa shape index (κ3) is 4.75. The summed E-state index contributed by atoms with van der Waals surface area (Å²) < 4.78 is 5.84. The second-order valence-electron chi connectivity index (χ2n) is 6.71. The van der Waals surface area contributed by atoms with Crippen LogP contribution in [0.15, 0.2) is 83.8 Å². The molecule has 3 aromatic rings. The molecule has 0 aromatic heterocycles. The fourth-order valence-corrected chi connectivity index (χ4v) is 4.05. The van der Waals surface area contributed by atoms with Crippen LogP contribution >= 0.6 is 23.4 Å². The molecule has 0 aliphatic carbocycles. The van der Waals surface area contributed by atoms with Gasteiger partial charge in [-0.2, -0.15) is 0 Å². The first-order valence-electron chi connectivity index (χ1n) is 9.36. The molecule has 30 heavy (non-hydrogen) atoms. The number of hydrogen-bond donors (Lipinski definition) is 0. The maximum atomic E-state index is 12.7. The summed E-state index contributed by atoms with van der Waals surface area (Å²) in [4.78, 5) is 26.7. The number of carbonyl (C=O) groups excluding carboxylic acids is 2. The van der Waals surface area contributed by atoms with Crippen LogP contribution in [-0.4, -0.2) is 16.0 Å². The van der Waals surface area contributed by atoms with E-state index < -0.39 is 0 Å². The zero-order valence-electron chi connectivity index (χ0n) is 16.0. The number of amides is 2. The van der Waals surface area contributed by atoms with Gasteiger partial charge in [0.1, 0.15) is 12.4 Å². The molecule has 4 rings (SSSR count). The van der Waals surface area contributed by atoms with Crippen molar-refractivity contribution in [3.05, 3.63) is 105 Å². The van der Waals surface area contributed by atoms with Crippen LogP contribution in [0.25, 0.3) is 6.08 Å². The van der Waals surface area contributed by atoms with E-state index in [1.165, 1.54) is 4.90 Å². The summed E-state index contributed by atoms with van der Waals surface area (Å²) in [6.45, 7) is 0.612. The van der Waals surface area contributed by atoms with Gasteiger partial charge in [-0.05, 0) is 47.2 Å². The lowest BCUT2D eigenvalue weighted by Gasteiger charge is -2.12. The maximum absolute atomic E-state index is 12.7. The first-order chi connectivity index (χ1) is 14.6. The summed E-state index contributed by atoms with van der Waals surface area (Å²) >= 11 is 7.12. The molecule has 1 aliphatic rings. The number of imide groups is 1. The standard InChI is InChI=1S/C24H18ClNO3S/c25-21-12-5-4-10-19(21)16-29-20-11-6-9-18(13-20)14-22-23(27)26(24(28)30-22)15-17-7-2-1-3-8-17/h1-14H,15-16H2/b22-14-. The van der Waals surface area contributed by atoms with Gasteiger partial charge in [-0.1, -0.05) is 72.3 Å². The van der Waals surface area contributed by atoms with Crippen molar-refractivity contribution in [3.63, 3.8) is 0 Å². The monoisotopic (exact) mass is 435 g/mol. The molecule has 0 saturated carbocycles. The molecular weight excluding hydrogens is 418 g/mol. The highest BCUT2D eigenvalue weighted by Crippen LogP contribution is 2.33. The van der Waals surface area contributed by atoms with Crippen molar-refractivity contribution in [2.75, 3.05) is 0 Å². The zero-order valence-corrected chi connectivity index (χ0v) is 17.5. The molecular formula is C24H18ClNO3S. The van der Waals surface area contributed by atoms with E-state index in [1.54, 1.807) is 6.08 Å². The van der Waals surface area contributed by atoms with Gasteiger partial charge in [0.25, 0.3) is 11.1 Å². The van der Waals surface area contributed by atoms with Crippen molar-refractivity contribution in [2.24, 2.45) is 0 Å². The average molecular weight is 436 g/mol. The summed E-state index contributed by atoms with van der Waals surface area (Å²) in [5, 5.41) is 0.391. The number of halogens is 1. The molecule has 0 unspecified atom stereocenters. The molecule has 2 amide bonds. The Morgan fingerprint density at radius 1 is 0.933 bits per heavy atom. The third-order valence-corrected chi connectivity index (χ3v) is 5.84. The molecule has 0 radical (unpaired) electrons. The summed E-state index contributed by atoms with van der Waals surface area (Å²) in [5.41, 5.74) is 2.60. The Labute approximate surface area is 184 Å². The quantitative estimate of drug-likeness (QED) is 0.435. The molecule has 1 heterocycles. The summed E-state index contributed by atoms with van der Waals surface area (Å²) in [5.74, 6) is 0.378. The number of rotatable bonds is 6. The molecule has 6 heteroatoms. The summed E-state index contributed by atoms with van der Waals surface area (Å²) in [7, 11) is 0. The predicted molar refractivity (Wildman–Crippen MR) is 120 cm³/mol. The Kier molecular flexibility index (Phi) is 6.21. The zero-order chi connectivity index (χ0) is 20.9. The van der Waals surface area contributed by atoms with Gasteiger partial charge in [0, 0.05) is 10.6 Å². The van der Waals surface area contributed by atoms with Crippen LogP contribution in [0.1, 0.15) is 16.7 Å². The summed E-state index contributed by atoms with van der Waals surface area (Å²) in [6, 6.07) is 24.4. The van der Waals surface area contributed by atoms with Gasteiger partial charge in [0.2, 0.25) is 0 Å². The van der Waals surface area contributed by atoms with E-state index in [4.69, 9.17) is 16.3 Å². The van der Waals surface area contributed by atoms with E-state index in [-0.39, 0.29) is 17.7 Å². The number of hydrogen-bond acceptors (Lipinski definition) is 4. The van der Waals surface area contributed by atoms with Gasteiger partial charge < -0.3 is 4.74 Å². The summed E-state index contributed by atoms with van der Waals surface area (Å²) in [6.07, 6.45) is 1.72. The highest BCUT2D eigenvalue weighted by Gasteiger charge is 2.34. The van der Waals surface area contributed by atoms with Gasteiger partial charge in [0.05, 0.1) is 11.4 Å². The minimum absolute atomic E-state index is 0.263. The molecule has 0 bridgehead atoms. The number of benzene rings is 3. The van der Waals surface area contributed by atoms with E-state index in [0.29, 0.717) is 22.3 Å². The van der Waals surface area contributed by atoms with E-state index in [1.807, 2.05) is 78.9 Å².